The van der Waals surface area contributed by atoms with Crippen LogP contribution in [0.5, 0.6) is 0 Å². The first kappa shape index (κ1) is 11.5. The van der Waals surface area contributed by atoms with Gasteiger partial charge in [0.05, 0.1) is 17.2 Å². The van der Waals surface area contributed by atoms with E-state index in [1.54, 1.807) is 6.92 Å². The lowest BCUT2D eigenvalue weighted by atomic mass is 10.2. The number of halogens is 3. The fraction of sp³-hybridized carbons (Fsp3) is 0.222. The minimum absolute atomic E-state index is 0.101. The maximum absolute atomic E-state index is 12.9. The number of esters is 1. The van der Waals surface area contributed by atoms with Crippen molar-refractivity contribution < 1.29 is 13.9 Å². The standard InChI is InChI=1S/C9H7BrClFO2/c1-2-14-9(13)5-3-7(11)8(12)4-6(5)10/h3-4H,2H2,1H3. The van der Waals surface area contributed by atoms with Crippen LogP contribution in [0.2, 0.25) is 5.02 Å². The van der Waals surface area contributed by atoms with Gasteiger partial charge in [0.25, 0.3) is 0 Å². The van der Waals surface area contributed by atoms with Gasteiger partial charge >= 0.3 is 5.97 Å². The summed E-state index contributed by atoms with van der Waals surface area (Å²) in [5, 5.41) is -0.101. The molecule has 0 radical (unpaired) electrons. The molecule has 0 unspecified atom stereocenters. The molecule has 0 aromatic heterocycles. The van der Waals surface area contributed by atoms with E-state index in [1.807, 2.05) is 0 Å². The van der Waals surface area contributed by atoms with Gasteiger partial charge in [0.2, 0.25) is 0 Å². The zero-order chi connectivity index (χ0) is 10.7. The predicted molar refractivity (Wildman–Crippen MR) is 55.1 cm³/mol. The second kappa shape index (κ2) is 4.75. The number of benzene rings is 1. The quantitative estimate of drug-likeness (QED) is 0.613. The van der Waals surface area contributed by atoms with Crippen LogP contribution in [0.1, 0.15) is 17.3 Å². The normalized spacial score (nSPS) is 10.0. The lowest BCUT2D eigenvalue weighted by Gasteiger charge is -2.05. The molecule has 0 fully saturated rings. The Labute approximate surface area is 94.1 Å². The van der Waals surface area contributed by atoms with Crippen molar-refractivity contribution in [2.75, 3.05) is 6.61 Å². The summed E-state index contributed by atoms with van der Waals surface area (Å²) in [5.41, 5.74) is 0.221. The number of carbonyl (C=O) groups is 1. The van der Waals surface area contributed by atoms with Crippen molar-refractivity contribution in [3.8, 4) is 0 Å². The average Bonchev–Trinajstić information content (AvgIpc) is 2.11. The Balaban J connectivity index is 3.09. The highest BCUT2D eigenvalue weighted by Crippen LogP contribution is 2.25. The third-order valence-electron chi connectivity index (χ3n) is 1.51. The van der Waals surface area contributed by atoms with Crippen molar-refractivity contribution in [1.82, 2.24) is 0 Å². The van der Waals surface area contributed by atoms with E-state index in [9.17, 15) is 9.18 Å². The third kappa shape index (κ3) is 2.45. The molecular formula is C9H7BrClFO2. The summed E-state index contributed by atoms with van der Waals surface area (Å²) in [6, 6.07) is 2.37. The van der Waals surface area contributed by atoms with Crippen LogP contribution in [0.3, 0.4) is 0 Å². The van der Waals surface area contributed by atoms with E-state index >= 15 is 0 Å². The van der Waals surface area contributed by atoms with Crippen LogP contribution in [-0.2, 0) is 4.74 Å². The molecule has 0 bridgehead atoms. The molecule has 14 heavy (non-hydrogen) atoms. The molecule has 1 aromatic carbocycles. The van der Waals surface area contributed by atoms with Crippen molar-refractivity contribution >= 4 is 33.5 Å². The largest absolute Gasteiger partial charge is 0.462 e. The summed E-state index contributed by atoms with van der Waals surface area (Å²) in [4.78, 5) is 11.3. The van der Waals surface area contributed by atoms with Crippen molar-refractivity contribution in [3.63, 3.8) is 0 Å². The molecule has 0 aliphatic heterocycles. The van der Waals surface area contributed by atoms with Gasteiger partial charge < -0.3 is 4.74 Å². The minimum atomic E-state index is -0.577. The molecule has 0 heterocycles. The van der Waals surface area contributed by atoms with Gasteiger partial charge in [0.1, 0.15) is 5.82 Å². The summed E-state index contributed by atoms with van der Waals surface area (Å²) in [6.07, 6.45) is 0. The van der Waals surface area contributed by atoms with Crippen LogP contribution >= 0.6 is 27.5 Å². The van der Waals surface area contributed by atoms with Crippen LogP contribution in [0.4, 0.5) is 4.39 Å². The van der Waals surface area contributed by atoms with Crippen LogP contribution < -0.4 is 0 Å². The Bertz CT molecular complexity index is 368. The molecule has 0 spiro atoms. The molecular weight excluding hydrogens is 274 g/mol. The minimum Gasteiger partial charge on any atom is -0.462 e. The smallest absolute Gasteiger partial charge is 0.339 e. The number of carbonyl (C=O) groups excluding carboxylic acids is 1. The molecule has 0 aliphatic rings. The average molecular weight is 282 g/mol. The zero-order valence-corrected chi connectivity index (χ0v) is 9.65. The molecule has 2 nitrogen and oxygen atoms in total. The van der Waals surface area contributed by atoms with E-state index in [0.717, 1.165) is 6.07 Å². The lowest BCUT2D eigenvalue weighted by molar-refractivity contribution is 0.0525. The fourth-order valence-corrected chi connectivity index (χ4v) is 1.53. The summed E-state index contributed by atoms with van der Waals surface area (Å²) in [5.74, 6) is -1.10. The van der Waals surface area contributed by atoms with Crippen LogP contribution in [0.15, 0.2) is 16.6 Å². The van der Waals surface area contributed by atoms with E-state index in [-0.39, 0.29) is 17.2 Å². The fourth-order valence-electron chi connectivity index (χ4n) is 0.888. The number of hydrogen-bond acceptors (Lipinski definition) is 2. The van der Waals surface area contributed by atoms with E-state index < -0.39 is 11.8 Å². The Hall–Kier alpha value is -0.610. The second-order valence-electron chi connectivity index (χ2n) is 2.47. The first-order valence-electron chi connectivity index (χ1n) is 3.88. The van der Waals surface area contributed by atoms with Crippen molar-refractivity contribution in [2.24, 2.45) is 0 Å². The zero-order valence-electron chi connectivity index (χ0n) is 7.31. The van der Waals surface area contributed by atoms with Gasteiger partial charge in [-0.3, -0.25) is 0 Å². The lowest BCUT2D eigenvalue weighted by Crippen LogP contribution is -2.05. The van der Waals surface area contributed by atoms with Crippen LogP contribution in [0, 0.1) is 5.82 Å². The summed E-state index contributed by atoms with van der Waals surface area (Å²) in [7, 11) is 0. The SMILES string of the molecule is CCOC(=O)c1cc(Cl)c(F)cc1Br. The second-order valence-corrected chi connectivity index (χ2v) is 3.73. The van der Waals surface area contributed by atoms with E-state index in [4.69, 9.17) is 16.3 Å². The highest BCUT2D eigenvalue weighted by atomic mass is 79.9. The monoisotopic (exact) mass is 280 g/mol. The van der Waals surface area contributed by atoms with Gasteiger partial charge in [-0.25, -0.2) is 9.18 Å². The van der Waals surface area contributed by atoms with Gasteiger partial charge in [-0.2, -0.15) is 0 Å². The Morgan fingerprint density at radius 1 is 1.64 bits per heavy atom. The number of rotatable bonds is 2. The predicted octanol–water partition coefficient (Wildman–Crippen LogP) is 3.42. The number of hydrogen-bond donors (Lipinski definition) is 0. The molecule has 0 N–H and O–H groups in total. The van der Waals surface area contributed by atoms with E-state index in [2.05, 4.69) is 15.9 Å². The van der Waals surface area contributed by atoms with Gasteiger partial charge in [0, 0.05) is 4.47 Å². The maximum Gasteiger partial charge on any atom is 0.339 e. The summed E-state index contributed by atoms with van der Waals surface area (Å²) >= 11 is 8.58. The van der Waals surface area contributed by atoms with E-state index in [1.165, 1.54) is 6.07 Å². The van der Waals surface area contributed by atoms with Gasteiger partial charge in [0.15, 0.2) is 0 Å². The highest BCUT2D eigenvalue weighted by Gasteiger charge is 2.14. The molecule has 5 heteroatoms. The third-order valence-corrected chi connectivity index (χ3v) is 2.45. The molecule has 0 atom stereocenters. The highest BCUT2D eigenvalue weighted by molar-refractivity contribution is 9.10. The first-order chi connectivity index (χ1) is 6.56. The molecule has 0 amide bonds. The number of ether oxygens (including phenoxy) is 1. The molecule has 0 saturated carbocycles. The van der Waals surface area contributed by atoms with Gasteiger partial charge in [-0.05, 0) is 35.0 Å². The maximum atomic E-state index is 12.9. The molecule has 1 aromatic rings. The van der Waals surface area contributed by atoms with Crippen LogP contribution in [0.25, 0.3) is 0 Å². The Kier molecular flexibility index (Phi) is 3.89. The molecule has 0 saturated heterocycles. The van der Waals surface area contributed by atoms with E-state index in [0.29, 0.717) is 4.47 Å². The summed E-state index contributed by atoms with van der Waals surface area (Å²) < 4.78 is 18.0. The summed E-state index contributed by atoms with van der Waals surface area (Å²) in [6.45, 7) is 1.96. The van der Waals surface area contributed by atoms with Gasteiger partial charge in [-0.1, -0.05) is 11.6 Å². The molecule has 76 valence electrons. The van der Waals surface area contributed by atoms with Crippen molar-refractivity contribution in [2.45, 2.75) is 6.92 Å². The topological polar surface area (TPSA) is 26.3 Å². The Morgan fingerprint density at radius 3 is 2.86 bits per heavy atom. The van der Waals surface area contributed by atoms with Crippen molar-refractivity contribution in [1.29, 1.82) is 0 Å². The molecule has 1 rings (SSSR count). The molecule has 0 aliphatic carbocycles. The first-order valence-corrected chi connectivity index (χ1v) is 5.05. The van der Waals surface area contributed by atoms with Crippen LogP contribution in [-0.4, -0.2) is 12.6 Å². The Morgan fingerprint density at radius 2 is 2.29 bits per heavy atom. The van der Waals surface area contributed by atoms with Gasteiger partial charge in [-0.15, -0.1) is 0 Å². The van der Waals surface area contributed by atoms with Crippen molar-refractivity contribution in [3.05, 3.63) is 33.0 Å².